The van der Waals surface area contributed by atoms with Crippen LogP contribution in [0.2, 0.25) is 0 Å². The van der Waals surface area contributed by atoms with Gasteiger partial charge in [0.15, 0.2) is 9.84 Å². The van der Waals surface area contributed by atoms with Gasteiger partial charge in [0.1, 0.15) is 0 Å². The van der Waals surface area contributed by atoms with Gasteiger partial charge in [-0.2, -0.15) is 0 Å². The van der Waals surface area contributed by atoms with Crippen molar-refractivity contribution in [1.82, 2.24) is 4.90 Å². The molecule has 0 bridgehead atoms. The fraction of sp³-hybridized carbons (Fsp3) is 0.583. The minimum Gasteiger partial charge on any atom is -0.398 e. The third-order valence-electron chi connectivity index (χ3n) is 3.42. The summed E-state index contributed by atoms with van der Waals surface area (Å²) in [5, 5.41) is 9.12. The number of nitrogens with two attached hydrogens (primary N) is 1. The summed E-state index contributed by atoms with van der Waals surface area (Å²) in [5.41, 5.74) is 6.30. The molecule has 20 heavy (non-hydrogen) atoms. The molecule has 2 rings (SSSR count). The van der Waals surface area contributed by atoms with E-state index in [0.29, 0.717) is 17.0 Å². The second-order valence-corrected chi connectivity index (χ2v) is 8.39. The average Bonchev–Trinajstić information content (AvgIpc) is 2.89. The van der Waals surface area contributed by atoms with Gasteiger partial charge in [-0.25, -0.2) is 8.42 Å². The maximum absolute atomic E-state index is 12.5. The van der Waals surface area contributed by atoms with Crippen LogP contribution >= 0.6 is 11.3 Å². The van der Waals surface area contributed by atoms with E-state index < -0.39 is 9.84 Å². The number of sulfone groups is 1. The van der Waals surface area contributed by atoms with E-state index in [1.807, 2.05) is 6.92 Å². The van der Waals surface area contributed by atoms with E-state index in [-0.39, 0.29) is 36.6 Å². The number of carbonyl (C=O) groups is 1. The topological polar surface area (TPSA) is 101 Å². The summed E-state index contributed by atoms with van der Waals surface area (Å²) in [5.74, 6) is -0.192. The number of aliphatic hydroxyl groups excluding tert-OH is 1. The zero-order valence-corrected chi connectivity index (χ0v) is 12.8. The number of hydrogen-bond donors (Lipinski definition) is 2. The first-order valence-corrected chi connectivity index (χ1v) is 8.96. The van der Waals surface area contributed by atoms with Gasteiger partial charge in [0.25, 0.3) is 5.91 Å². The predicted octanol–water partition coefficient (Wildman–Crippen LogP) is 0.260. The molecule has 0 aliphatic carbocycles. The lowest BCUT2D eigenvalue weighted by molar-refractivity contribution is 0.0660. The van der Waals surface area contributed by atoms with Crippen molar-refractivity contribution in [2.24, 2.45) is 0 Å². The van der Waals surface area contributed by atoms with Crippen LogP contribution in [-0.2, 0) is 9.84 Å². The van der Waals surface area contributed by atoms with Crippen molar-refractivity contribution in [3.05, 3.63) is 15.8 Å². The normalized spacial score (nSPS) is 21.0. The Labute approximate surface area is 122 Å². The molecular weight excluding hydrogens is 300 g/mol. The largest absolute Gasteiger partial charge is 0.398 e. The van der Waals surface area contributed by atoms with E-state index in [2.05, 4.69) is 0 Å². The number of carbonyl (C=O) groups excluding carboxylic acids is 1. The summed E-state index contributed by atoms with van der Waals surface area (Å²) >= 11 is 1.29. The molecule has 6 nitrogen and oxygen atoms in total. The number of nitrogen functional groups attached to an aromatic ring is 1. The minimum atomic E-state index is -3.07. The van der Waals surface area contributed by atoms with Crippen LogP contribution in [0.25, 0.3) is 0 Å². The third-order valence-corrected chi connectivity index (χ3v) is 6.22. The number of thiophene rings is 1. The maximum Gasteiger partial charge on any atom is 0.264 e. The highest BCUT2D eigenvalue weighted by molar-refractivity contribution is 7.91. The van der Waals surface area contributed by atoms with Crippen LogP contribution in [0.15, 0.2) is 6.07 Å². The number of amides is 1. The van der Waals surface area contributed by atoms with Crippen LogP contribution < -0.4 is 5.73 Å². The highest BCUT2D eigenvalue weighted by atomic mass is 32.2. The molecule has 2 heterocycles. The van der Waals surface area contributed by atoms with E-state index in [9.17, 15) is 13.2 Å². The second kappa shape index (κ2) is 5.71. The Morgan fingerprint density at radius 3 is 2.75 bits per heavy atom. The Morgan fingerprint density at radius 2 is 2.30 bits per heavy atom. The summed E-state index contributed by atoms with van der Waals surface area (Å²) in [6.07, 6.45) is 0.425. The lowest BCUT2D eigenvalue weighted by Crippen LogP contribution is -2.42. The molecule has 1 aliphatic heterocycles. The number of aliphatic hydroxyl groups is 1. The van der Waals surface area contributed by atoms with Gasteiger partial charge in [-0.15, -0.1) is 11.3 Å². The molecule has 1 aromatic heterocycles. The molecular formula is C12H18N2O4S2. The summed E-state index contributed by atoms with van der Waals surface area (Å²) < 4.78 is 23.1. The first kappa shape index (κ1) is 15.3. The van der Waals surface area contributed by atoms with E-state index in [4.69, 9.17) is 10.8 Å². The molecule has 112 valence electrons. The van der Waals surface area contributed by atoms with Crippen molar-refractivity contribution in [1.29, 1.82) is 0 Å². The highest BCUT2D eigenvalue weighted by Gasteiger charge is 2.35. The van der Waals surface area contributed by atoms with E-state index in [1.54, 1.807) is 6.07 Å². The fourth-order valence-corrected chi connectivity index (χ4v) is 4.95. The van der Waals surface area contributed by atoms with Crippen molar-refractivity contribution >= 4 is 32.8 Å². The molecule has 8 heteroatoms. The first-order valence-electron chi connectivity index (χ1n) is 6.32. The summed E-state index contributed by atoms with van der Waals surface area (Å²) in [6.45, 7) is 1.77. The van der Waals surface area contributed by atoms with Crippen LogP contribution in [-0.4, -0.2) is 55.0 Å². The predicted molar refractivity (Wildman–Crippen MR) is 78.6 cm³/mol. The molecule has 3 N–H and O–H groups in total. The van der Waals surface area contributed by atoms with Crippen molar-refractivity contribution in [2.75, 3.05) is 30.4 Å². The number of anilines is 1. The lowest BCUT2D eigenvalue weighted by atomic mass is 10.2. The van der Waals surface area contributed by atoms with E-state index in [0.717, 1.165) is 4.88 Å². The summed E-state index contributed by atoms with van der Waals surface area (Å²) in [4.78, 5) is 15.3. The standard InChI is InChI=1S/C12H18N2O4S2/c1-8-10(13)6-11(19-8)12(16)14(3-4-15)9-2-5-20(17,18)7-9/h6,9,15H,2-5,7,13H2,1H3. The van der Waals surface area contributed by atoms with Crippen molar-refractivity contribution in [3.8, 4) is 0 Å². The van der Waals surface area contributed by atoms with Crippen LogP contribution in [0.5, 0.6) is 0 Å². The Kier molecular flexibility index (Phi) is 4.36. The molecule has 1 aromatic rings. The van der Waals surface area contributed by atoms with Crippen LogP contribution in [0, 0.1) is 6.92 Å². The van der Waals surface area contributed by atoms with Crippen molar-refractivity contribution in [3.63, 3.8) is 0 Å². The summed E-state index contributed by atoms with van der Waals surface area (Å²) in [6, 6.07) is 1.25. The van der Waals surface area contributed by atoms with E-state index in [1.165, 1.54) is 16.2 Å². The van der Waals surface area contributed by atoms with Gasteiger partial charge in [0.2, 0.25) is 0 Å². The lowest BCUT2D eigenvalue weighted by Gasteiger charge is -2.27. The monoisotopic (exact) mass is 318 g/mol. The molecule has 0 aromatic carbocycles. The van der Waals surface area contributed by atoms with Crippen molar-refractivity contribution < 1.29 is 18.3 Å². The number of rotatable bonds is 4. The first-order chi connectivity index (χ1) is 9.34. The van der Waals surface area contributed by atoms with E-state index >= 15 is 0 Å². The Morgan fingerprint density at radius 1 is 1.60 bits per heavy atom. The molecule has 1 fully saturated rings. The summed E-state index contributed by atoms with van der Waals surface area (Å²) in [7, 11) is -3.07. The maximum atomic E-state index is 12.5. The fourth-order valence-electron chi connectivity index (χ4n) is 2.32. The SMILES string of the molecule is Cc1sc(C(=O)N(CCO)C2CCS(=O)(=O)C2)cc1N. The average molecular weight is 318 g/mol. The zero-order chi connectivity index (χ0) is 14.9. The second-order valence-electron chi connectivity index (χ2n) is 4.90. The highest BCUT2D eigenvalue weighted by Crippen LogP contribution is 2.27. The molecule has 1 saturated heterocycles. The molecule has 1 aliphatic rings. The molecule has 0 spiro atoms. The molecule has 0 radical (unpaired) electrons. The van der Waals surface area contributed by atoms with Gasteiger partial charge in [0, 0.05) is 23.2 Å². The molecule has 1 atom stereocenters. The quantitative estimate of drug-likeness (QED) is 0.829. The van der Waals surface area contributed by atoms with Gasteiger partial charge in [-0.1, -0.05) is 0 Å². The smallest absolute Gasteiger partial charge is 0.264 e. The number of aryl methyl sites for hydroxylation is 1. The zero-order valence-electron chi connectivity index (χ0n) is 11.2. The number of hydrogen-bond acceptors (Lipinski definition) is 6. The van der Waals surface area contributed by atoms with Gasteiger partial charge in [-0.05, 0) is 19.4 Å². The molecule has 1 amide bonds. The van der Waals surface area contributed by atoms with Gasteiger partial charge >= 0.3 is 0 Å². The Bertz CT molecular complexity index is 589. The van der Waals surface area contributed by atoms with Gasteiger partial charge < -0.3 is 15.7 Å². The van der Waals surface area contributed by atoms with Crippen LogP contribution in [0.4, 0.5) is 5.69 Å². The minimum absolute atomic E-state index is 0.0292. The van der Waals surface area contributed by atoms with Crippen LogP contribution in [0.3, 0.4) is 0 Å². The molecule has 1 unspecified atom stereocenters. The molecule has 0 saturated carbocycles. The van der Waals surface area contributed by atoms with Crippen LogP contribution in [0.1, 0.15) is 21.0 Å². The van der Waals surface area contributed by atoms with Crippen molar-refractivity contribution in [2.45, 2.75) is 19.4 Å². The Hall–Kier alpha value is -1.12. The number of nitrogens with zero attached hydrogens (tertiary/aromatic N) is 1. The Balaban J connectivity index is 2.22. The third kappa shape index (κ3) is 3.13. The van der Waals surface area contributed by atoms with Gasteiger partial charge in [0.05, 0.1) is 23.0 Å². The van der Waals surface area contributed by atoms with Gasteiger partial charge in [-0.3, -0.25) is 4.79 Å².